The fourth-order valence-electron chi connectivity index (χ4n) is 2.01. The molecule has 0 atom stereocenters. The van der Waals surface area contributed by atoms with Gasteiger partial charge in [0.15, 0.2) is 11.4 Å². The summed E-state index contributed by atoms with van der Waals surface area (Å²) in [6, 6.07) is 9.29. The summed E-state index contributed by atoms with van der Waals surface area (Å²) >= 11 is 0. The van der Waals surface area contributed by atoms with Crippen LogP contribution in [0.3, 0.4) is 0 Å². The lowest BCUT2D eigenvalue weighted by molar-refractivity contribution is 0.101. The third kappa shape index (κ3) is 1.93. The van der Waals surface area contributed by atoms with Crippen molar-refractivity contribution in [3.8, 4) is 11.5 Å². The van der Waals surface area contributed by atoms with Crippen LogP contribution in [0.4, 0.5) is 10.1 Å². The van der Waals surface area contributed by atoms with E-state index < -0.39 is 5.82 Å². The quantitative estimate of drug-likeness (QED) is 0.572. The Labute approximate surface area is 114 Å². The van der Waals surface area contributed by atoms with Crippen molar-refractivity contribution in [2.45, 2.75) is 6.92 Å². The molecular formula is C15H11FN2O2. The van der Waals surface area contributed by atoms with Crippen LogP contribution < -0.4 is 5.73 Å². The predicted molar refractivity (Wildman–Crippen MR) is 73.8 cm³/mol. The van der Waals surface area contributed by atoms with Gasteiger partial charge < -0.3 is 10.2 Å². The summed E-state index contributed by atoms with van der Waals surface area (Å²) < 4.78 is 19.2. The highest BCUT2D eigenvalue weighted by Gasteiger charge is 2.15. The summed E-state index contributed by atoms with van der Waals surface area (Å²) in [5.41, 5.74) is 7.65. The van der Waals surface area contributed by atoms with Gasteiger partial charge in [-0.25, -0.2) is 9.37 Å². The van der Waals surface area contributed by atoms with E-state index in [1.54, 1.807) is 24.3 Å². The van der Waals surface area contributed by atoms with Gasteiger partial charge in [0.1, 0.15) is 11.3 Å². The molecule has 1 heterocycles. The normalized spacial score (nSPS) is 10.9. The van der Waals surface area contributed by atoms with Crippen LogP contribution in [0, 0.1) is 5.82 Å². The monoisotopic (exact) mass is 270 g/mol. The van der Waals surface area contributed by atoms with Crippen LogP contribution in [0.15, 0.2) is 40.8 Å². The third-order valence-electron chi connectivity index (χ3n) is 3.03. The molecule has 0 radical (unpaired) electrons. The minimum Gasteiger partial charge on any atom is -0.434 e. The minimum atomic E-state index is -0.426. The Hall–Kier alpha value is -2.69. The SMILES string of the molecule is CC(=O)c1cc(N)c2oc(-c3ccccc3F)nc2c1. The first-order valence-corrected chi connectivity index (χ1v) is 6.02. The van der Waals surface area contributed by atoms with Crippen LogP contribution >= 0.6 is 0 Å². The maximum Gasteiger partial charge on any atom is 0.230 e. The van der Waals surface area contributed by atoms with E-state index in [1.165, 1.54) is 19.1 Å². The van der Waals surface area contributed by atoms with E-state index in [2.05, 4.69) is 4.98 Å². The van der Waals surface area contributed by atoms with Crippen molar-refractivity contribution in [2.75, 3.05) is 5.73 Å². The zero-order valence-electron chi connectivity index (χ0n) is 10.7. The maximum absolute atomic E-state index is 13.7. The number of halogens is 1. The molecule has 0 bridgehead atoms. The standard InChI is InChI=1S/C15H11FN2O2/c1-8(19)9-6-12(17)14-13(7-9)18-15(20-14)10-4-2-3-5-11(10)16/h2-7H,17H2,1H3. The number of ketones is 1. The molecule has 0 aliphatic rings. The zero-order valence-corrected chi connectivity index (χ0v) is 10.7. The second-order valence-corrected chi connectivity index (χ2v) is 4.47. The summed E-state index contributed by atoms with van der Waals surface area (Å²) in [4.78, 5) is 15.6. The average molecular weight is 270 g/mol. The van der Waals surface area contributed by atoms with Gasteiger partial charge in [-0.3, -0.25) is 4.79 Å². The molecule has 0 fully saturated rings. The van der Waals surface area contributed by atoms with Gasteiger partial charge in [0, 0.05) is 5.56 Å². The lowest BCUT2D eigenvalue weighted by atomic mass is 10.1. The fourth-order valence-corrected chi connectivity index (χ4v) is 2.01. The molecule has 0 aliphatic carbocycles. The van der Waals surface area contributed by atoms with Crippen molar-refractivity contribution >= 4 is 22.6 Å². The van der Waals surface area contributed by atoms with Gasteiger partial charge in [-0.1, -0.05) is 12.1 Å². The van der Waals surface area contributed by atoms with Gasteiger partial charge in [0.2, 0.25) is 5.89 Å². The molecule has 1 aromatic heterocycles. The van der Waals surface area contributed by atoms with Crippen molar-refractivity contribution < 1.29 is 13.6 Å². The van der Waals surface area contributed by atoms with Gasteiger partial charge in [-0.15, -0.1) is 0 Å². The molecule has 4 nitrogen and oxygen atoms in total. The molecule has 0 saturated heterocycles. The van der Waals surface area contributed by atoms with Crippen LogP contribution in [0.25, 0.3) is 22.6 Å². The number of rotatable bonds is 2. The Bertz CT molecular complexity index is 824. The summed E-state index contributed by atoms with van der Waals surface area (Å²) in [6.07, 6.45) is 0. The Morgan fingerprint density at radius 3 is 2.75 bits per heavy atom. The Morgan fingerprint density at radius 2 is 2.05 bits per heavy atom. The molecule has 3 rings (SSSR count). The molecular weight excluding hydrogens is 259 g/mol. The Balaban J connectivity index is 2.23. The zero-order chi connectivity index (χ0) is 14.3. The van der Waals surface area contributed by atoms with Crippen LogP contribution in [0.2, 0.25) is 0 Å². The van der Waals surface area contributed by atoms with Crippen LogP contribution in [0.5, 0.6) is 0 Å². The van der Waals surface area contributed by atoms with Crippen LogP contribution in [0.1, 0.15) is 17.3 Å². The van der Waals surface area contributed by atoms with E-state index in [4.69, 9.17) is 10.2 Å². The first kappa shape index (κ1) is 12.3. The Morgan fingerprint density at radius 1 is 1.30 bits per heavy atom. The van der Waals surface area contributed by atoms with Crippen molar-refractivity contribution in [3.63, 3.8) is 0 Å². The van der Waals surface area contributed by atoms with Crippen molar-refractivity contribution in [2.24, 2.45) is 0 Å². The minimum absolute atomic E-state index is 0.117. The molecule has 0 spiro atoms. The van der Waals surface area contributed by atoms with E-state index in [0.29, 0.717) is 22.4 Å². The number of carbonyl (C=O) groups is 1. The molecule has 0 saturated carbocycles. The number of hydrogen-bond acceptors (Lipinski definition) is 4. The number of nitrogens with zero attached hydrogens (tertiary/aromatic N) is 1. The topological polar surface area (TPSA) is 69.1 Å². The van der Waals surface area contributed by atoms with Gasteiger partial charge >= 0.3 is 0 Å². The largest absolute Gasteiger partial charge is 0.434 e. The second kappa shape index (κ2) is 4.45. The molecule has 3 aromatic rings. The van der Waals surface area contributed by atoms with Crippen molar-refractivity contribution in [1.82, 2.24) is 4.98 Å². The van der Waals surface area contributed by atoms with Gasteiger partial charge in [0.25, 0.3) is 0 Å². The highest BCUT2D eigenvalue weighted by molar-refractivity contribution is 6.00. The maximum atomic E-state index is 13.7. The van der Waals surface area contributed by atoms with Crippen molar-refractivity contribution in [3.05, 3.63) is 47.8 Å². The number of hydrogen-bond donors (Lipinski definition) is 1. The first-order valence-electron chi connectivity index (χ1n) is 6.02. The first-order chi connectivity index (χ1) is 9.56. The molecule has 0 amide bonds. The number of oxazole rings is 1. The Kier molecular flexibility index (Phi) is 2.75. The highest BCUT2D eigenvalue weighted by atomic mass is 19.1. The predicted octanol–water partition coefficient (Wildman–Crippen LogP) is 3.42. The molecule has 20 heavy (non-hydrogen) atoms. The van der Waals surface area contributed by atoms with Crippen LogP contribution in [-0.4, -0.2) is 10.8 Å². The number of benzene rings is 2. The summed E-state index contributed by atoms with van der Waals surface area (Å²) in [7, 11) is 0. The van der Waals surface area contributed by atoms with E-state index >= 15 is 0 Å². The summed E-state index contributed by atoms with van der Waals surface area (Å²) in [5.74, 6) is -0.399. The van der Waals surface area contributed by atoms with Gasteiger partial charge in [-0.2, -0.15) is 0 Å². The fraction of sp³-hybridized carbons (Fsp3) is 0.0667. The third-order valence-corrected chi connectivity index (χ3v) is 3.03. The number of anilines is 1. The number of fused-ring (bicyclic) bond motifs is 1. The summed E-state index contributed by atoms with van der Waals surface area (Å²) in [6.45, 7) is 1.44. The molecule has 0 aliphatic heterocycles. The molecule has 2 N–H and O–H groups in total. The smallest absolute Gasteiger partial charge is 0.230 e. The lowest BCUT2D eigenvalue weighted by Crippen LogP contribution is -1.95. The number of Topliss-reactive ketones (excluding diaryl/α,β-unsaturated/α-hetero) is 1. The van der Waals surface area contributed by atoms with Gasteiger partial charge in [0.05, 0.1) is 11.3 Å². The second-order valence-electron chi connectivity index (χ2n) is 4.47. The van der Waals surface area contributed by atoms with E-state index in [1.807, 2.05) is 0 Å². The lowest BCUT2D eigenvalue weighted by Gasteiger charge is -1.98. The molecule has 2 aromatic carbocycles. The van der Waals surface area contributed by atoms with Crippen LogP contribution in [-0.2, 0) is 0 Å². The summed E-state index contributed by atoms with van der Waals surface area (Å²) in [5, 5.41) is 0. The number of carbonyl (C=O) groups excluding carboxylic acids is 1. The van der Waals surface area contributed by atoms with E-state index in [-0.39, 0.29) is 17.2 Å². The number of aromatic nitrogens is 1. The number of nitrogen functional groups attached to an aromatic ring is 1. The molecule has 5 heteroatoms. The average Bonchev–Trinajstić information content (AvgIpc) is 2.83. The van der Waals surface area contributed by atoms with Gasteiger partial charge in [-0.05, 0) is 31.2 Å². The highest BCUT2D eigenvalue weighted by Crippen LogP contribution is 2.30. The van der Waals surface area contributed by atoms with E-state index in [0.717, 1.165) is 0 Å². The number of nitrogens with two attached hydrogens (primary N) is 1. The van der Waals surface area contributed by atoms with E-state index in [9.17, 15) is 9.18 Å². The molecule has 0 unspecified atom stereocenters. The van der Waals surface area contributed by atoms with Crippen molar-refractivity contribution in [1.29, 1.82) is 0 Å². The molecule has 100 valence electrons.